The lowest BCUT2D eigenvalue weighted by atomic mass is 10.2. The van der Waals surface area contributed by atoms with Crippen molar-refractivity contribution in [3.8, 4) is 0 Å². The molecule has 0 aromatic heterocycles. The van der Waals surface area contributed by atoms with Crippen molar-refractivity contribution in [3.05, 3.63) is 32.4 Å². The Morgan fingerprint density at radius 1 is 1.47 bits per heavy atom. The first kappa shape index (κ1) is 12.3. The molecule has 0 bridgehead atoms. The molecule has 0 unspecified atom stereocenters. The number of rotatable bonds is 3. The number of amides is 1. The molecule has 1 N–H and O–H groups in total. The van der Waals surface area contributed by atoms with Gasteiger partial charge in [0.25, 0.3) is 5.91 Å². The largest absolute Gasteiger partial charge is 0.548 e. The third-order valence-electron chi connectivity index (χ3n) is 1.57. The SMILES string of the molecule is O=C([O-])CNC(=O)c1cc(I)ccc1Cl. The molecule has 0 radical (unpaired) electrons. The minimum Gasteiger partial charge on any atom is -0.548 e. The van der Waals surface area contributed by atoms with Gasteiger partial charge in [0.05, 0.1) is 23.1 Å². The summed E-state index contributed by atoms with van der Waals surface area (Å²) in [5.41, 5.74) is 0.254. The van der Waals surface area contributed by atoms with Crippen LogP contribution in [-0.2, 0) is 4.79 Å². The van der Waals surface area contributed by atoms with Gasteiger partial charge >= 0.3 is 0 Å². The second-order valence-electron chi connectivity index (χ2n) is 2.68. The van der Waals surface area contributed by atoms with Gasteiger partial charge in [0.1, 0.15) is 0 Å². The van der Waals surface area contributed by atoms with E-state index in [9.17, 15) is 14.7 Å². The Labute approximate surface area is 105 Å². The Bertz CT molecular complexity index is 408. The van der Waals surface area contributed by atoms with Crippen molar-refractivity contribution in [2.75, 3.05) is 6.54 Å². The van der Waals surface area contributed by atoms with E-state index in [-0.39, 0.29) is 10.6 Å². The molecule has 0 saturated heterocycles. The van der Waals surface area contributed by atoms with E-state index in [0.29, 0.717) is 0 Å². The molecule has 80 valence electrons. The fourth-order valence-corrected chi connectivity index (χ4v) is 1.61. The molecule has 0 atom stereocenters. The van der Waals surface area contributed by atoms with Gasteiger partial charge in [0.2, 0.25) is 0 Å². The lowest BCUT2D eigenvalue weighted by molar-refractivity contribution is -0.303. The summed E-state index contributed by atoms with van der Waals surface area (Å²) >= 11 is 7.81. The number of nitrogens with one attached hydrogen (secondary N) is 1. The quantitative estimate of drug-likeness (QED) is 0.813. The van der Waals surface area contributed by atoms with E-state index in [1.54, 1.807) is 18.2 Å². The summed E-state index contributed by atoms with van der Waals surface area (Å²) in [6, 6.07) is 4.91. The Hall–Kier alpha value is -0.820. The average Bonchev–Trinajstić information content (AvgIpc) is 2.18. The Balaban J connectivity index is 2.81. The molecule has 15 heavy (non-hydrogen) atoms. The van der Waals surface area contributed by atoms with Gasteiger partial charge in [-0.15, -0.1) is 0 Å². The van der Waals surface area contributed by atoms with E-state index in [2.05, 4.69) is 5.32 Å². The minimum absolute atomic E-state index is 0.254. The first-order valence-electron chi connectivity index (χ1n) is 3.94. The zero-order valence-electron chi connectivity index (χ0n) is 7.42. The van der Waals surface area contributed by atoms with E-state index < -0.39 is 18.4 Å². The van der Waals surface area contributed by atoms with Crippen LogP contribution >= 0.6 is 34.2 Å². The van der Waals surface area contributed by atoms with Crippen molar-refractivity contribution < 1.29 is 14.7 Å². The van der Waals surface area contributed by atoms with Crippen LogP contribution in [0, 0.1) is 3.57 Å². The smallest absolute Gasteiger partial charge is 0.253 e. The number of carbonyl (C=O) groups excluding carboxylic acids is 2. The predicted octanol–water partition coefficient (Wildman–Crippen LogP) is 0.424. The molecule has 0 saturated carbocycles. The van der Waals surface area contributed by atoms with Crippen molar-refractivity contribution in [1.82, 2.24) is 5.32 Å². The van der Waals surface area contributed by atoms with Gasteiger partial charge in [0, 0.05) is 3.57 Å². The molecule has 0 aliphatic rings. The first-order valence-corrected chi connectivity index (χ1v) is 5.39. The van der Waals surface area contributed by atoms with Gasteiger partial charge in [-0.3, -0.25) is 4.79 Å². The maximum absolute atomic E-state index is 11.4. The normalized spacial score (nSPS) is 9.73. The van der Waals surface area contributed by atoms with Gasteiger partial charge in [-0.2, -0.15) is 0 Å². The predicted molar refractivity (Wildman–Crippen MR) is 61.5 cm³/mol. The topological polar surface area (TPSA) is 69.2 Å². The molecule has 0 fully saturated rings. The molecule has 1 rings (SSSR count). The Morgan fingerprint density at radius 3 is 2.73 bits per heavy atom. The molecular formula is C9H6ClINO3-. The van der Waals surface area contributed by atoms with Crippen LogP contribution in [0.2, 0.25) is 5.02 Å². The number of carbonyl (C=O) groups is 2. The molecular weight excluding hydrogens is 332 g/mol. The maximum Gasteiger partial charge on any atom is 0.253 e. The Kier molecular flexibility index (Phi) is 4.34. The summed E-state index contributed by atoms with van der Waals surface area (Å²) in [5.74, 6) is -1.87. The number of benzene rings is 1. The highest BCUT2D eigenvalue weighted by Gasteiger charge is 2.09. The highest BCUT2D eigenvalue weighted by atomic mass is 127. The van der Waals surface area contributed by atoms with Crippen LogP contribution in [0.5, 0.6) is 0 Å². The zero-order valence-corrected chi connectivity index (χ0v) is 10.3. The van der Waals surface area contributed by atoms with E-state index in [1.807, 2.05) is 22.6 Å². The van der Waals surface area contributed by atoms with Gasteiger partial charge in [0.15, 0.2) is 0 Å². The van der Waals surface area contributed by atoms with Crippen molar-refractivity contribution in [2.24, 2.45) is 0 Å². The second-order valence-corrected chi connectivity index (χ2v) is 4.33. The number of aliphatic carboxylic acids is 1. The van der Waals surface area contributed by atoms with Crippen molar-refractivity contribution in [1.29, 1.82) is 0 Å². The van der Waals surface area contributed by atoms with E-state index >= 15 is 0 Å². The highest BCUT2D eigenvalue weighted by molar-refractivity contribution is 14.1. The van der Waals surface area contributed by atoms with Crippen LogP contribution in [-0.4, -0.2) is 18.4 Å². The fraction of sp³-hybridized carbons (Fsp3) is 0.111. The molecule has 0 aliphatic heterocycles. The first-order chi connectivity index (χ1) is 7.00. The van der Waals surface area contributed by atoms with Crippen LogP contribution in [0.1, 0.15) is 10.4 Å². The molecule has 0 aliphatic carbocycles. The van der Waals surface area contributed by atoms with Crippen molar-refractivity contribution in [2.45, 2.75) is 0 Å². The standard InChI is InChI=1S/C9H7ClINO3/c10-7-2-1-5(11)3-6(7)9(15)12-4-8(13)14/h1-3H,4H2,(H,12,15)(H,13,14)/p-1. The average molecular weight is 339 g/mol. The van der Waals surface area contributed by atoms with E-state index in [1.165, 1.54) is 0 Å². The summed E-state index contributed by atoms with van der Waals surface area (Å²) in [6.07, 6.45) is 0. The van der Waals surface area contributed by atoms with Crippen molar-refractivity contribution >= 4 is 46.1 Å². The van der Waals surface area contributed by atoms with Gasteiger partial charge in [-0.1, -0.05) is 11.6 Å². The van der Waals surface area contributed by atoms with Gasteiger partial charge in [-0.25, -0.2) is 0 Å². The molecule has 6 heteroatoms. The highest BCUT2D eigenvalue weighted by Crippen LogP contribution is 2.18. The number of halogens is 2. The lowest BCUT2D eigenvalue weighted by Gasteiger charge is -2.07. The summed E-state index contributed by atoms with van der Waals surface area (Å²) in [4.78, 5) is 21.6. The van der Waals surface area contributed by atoms with Crippen LogP contribution in [0.4, 0.5) is 0 Å². The number of hydrogen-bond acceptors (Lipinski definition) is 3. The summed E-state index contributed by atoms with van der Waals surface area (Å²) in [5, 5.41) is 12.6. The third kappa shape index (κ3) is 3.67. The monoisotopic (exact) mass is 338 g/mol. The van der Waals surface area contributed by atoms with Crippen LogP contribution in [0.15, 0.2) is 18.2 Å². The Morgan fingerprint density at radius 2 is 2.13 bits per heavy atom. The van der Waals surface area contributed by atoms with E-state index in [4.69, 9.17) is 11.6 Å². The zero-order chi connectivity index (χ0) is 11.4. The maximum atomic E-state index is 11.4. The molecule has 1 amide bonds. The van der Waals surface area contributed by atoms with Gasteiger partial charge in [-0.05, 0) is 40.8 Å². The molecule has 1 aromatic carbocycles. The minimum atomic E-state index is -1.34. The lowest BCUT2D eigenvalue weighted by Crippen LogP contribution is -2.37. The van der Waals surface area contributed by atoms with Crippen molar-refractivity contribution in [3.63, 3.8) is 0 Å². The second kappa shape index (κ2) is 5.32. The summed E-state index contributed by atoms with van der Waals surface area (Å²) < 4.78 is 0.843. The van der Waals surface area contributed by atoms with Crippen LogP contribution < -0.4 is 10.4 Å². The third-order valence-corrected chi connectivity index (χ3v) is 2.57. The summed E-state index contributed by atoms with van der Waals surface area (Å²) in [6.45, 7) is -0.527. The number of hydrogen-bond donors (Lipinski definition) is 1. The fourth-order valence-electron chi connectivity index (χ4n) is 0.919. The molecule has 0 spiro atoms. The van der Waals surface area contributed by atoms with Crippen LogP contribution in [0.25, 0.3) is 0 Å². The van der Waals surface area contributed by atoms with Gasteiger partial charge < -0.3 is 15.2 Å². The molecule has 1 aromatic rings. The van der Waals surface area contributed by atoms with Crippen LogP contribution in [0.3, 0.4) is 0 Å². The summed E-state index contributed by atoms with van der Waals surface area (Å²) in [7, 11) is 0. The molecule has 4 nitrogen and oxygen atoms in total. The molecule has 0 heterocycles. The number of carboxylic acid groups (broad SMARTS) is 1. The number of carboxylic acids is 1. The van der Waals surface area contributed by atoms with E-state index in [0.717, 1.165) is 3.57 Å².